The Bertz CT molecular complexity index is 340. The highest BCUT2D eigenvalue weighted by molar-refractivity contribution is 5.75. The van der Waals surface area contributed by atoms with E-state index < -0.39 is 0 Å². The second kappa shape index (κ2) is 6.85. The van der Waals surface area contributed by atoms with Gasteiger partial charge in [-0.1, -0.05) is 18.2 Å². The number of amides is 1. The van der Waals surface area contributed by atoms with Crippen molar-refractivity contribution in [1.29, 1.82) is 0 Å². The van der Waals surface area contributed by atoms with Crippen LogP contribution in [-0.2, 0) is 4.79 Å². The fourth-order valence-corrected chi connectivity index (χ4v) is 1.29. The first kappa shape index (κ1) is 12.5. The number of hydrogen-bond donors (Lipinski definition) is 2. The van der Waals surface area contributed by atoms with Crippen LogP contribution in [0.5, 0.6) is 5.75 Å². The number of carbonyl (C=O) groups is 1. The molecule has 1 amide bonds. The van der Waals surface area contributed by atoms with Gasteiger partial charge in [0.2, 0.25) is 5.91 Å². The molecule has 0 radical (unpaired) electrons. The summed E-state index contributed by atoms with van der Waals surface area (Å²) in [5.41, 5.74) is 6.35. The Balaban J connectivity index is 2.21. The fourth-order valence-electron chi connectivity index (χ4n) is 1.29. The van der Waals surface area contributed by atoms with Crippen LogP contribution in [0, 0.1) is 6.92 Å². The van der Waals surface area contributed by atoms with Gasteiger partial charge < -0.3 is 15.8 Å². The molecule has 1 rings (SSSR count). The maximum Gasteiger partial charge on any atom is 0.221 e. The van der Waals surface area contributed by atoms with Gasteiger partial charge in [0, 0.05) is 13.0 Å². The van der Waals surface area contributed by atoms with Crippen molar-refractivity contribution in [2.45, 2.75) is 13.3 Å². The second-order valence-electron chi connectivity index (χ2n) is 3.50. The van der Waals surface area contributed by atoms with Crippen LogP contribution < -0.4 is 15.8 Å². The zero-order valence-corrected chi connectivity index (χ0v) is 9.53. The lowest BCUT2D eigenvalue weighted by atomic mass is 10.2. The monoisotopic (exact) mass is 222 g/mol. The standard InChI is InChI=1S/C12H18N2O2/c1-10-4-2-3-5-11(10)16-9-8-14-12(15)6-7-13/h2-5H,6-9,13H2,1H3,(H,14,15). The molecule has 3 N–H and O–H groups in total. The van der Waals surface area contributed by atoms with E-state index in [4.69, 9.17) is 10.5 Å². The number of para-hydroxylation sites is 1. The average Bonchev–Trinajstić information content (AvgIpc) is 2.27. The first-order valence-electron chi connectivity index (χ1n) is 5.39. The van der Waals surface area contributed by atoms with Crippen molar-refractivity contribution in [3.63, 3.8) is 0 Å². The molecule has 0 fully saturated rings. The quantitative estimate of drug-likeness (QED) is 0.701. The molecule has 0 aliphatic carbocycles. The molecule has 16 heavy (non-hydrogen) atoms. The van der Waals surface area contributed by atoms with Crippen LogP contribution in [0.3, 0.4) is 0 Å². The van der Waals surface area contributed by atoms with Gasteiger partial charge >= 0.3 is 0 Å². The highest BCUT2D eigenvalue weighted by atomic mass is 16.5. The first-order chi connectivity index (χ1) is 7.74. The molecule has 1 aromatic rings. The lowest BCUT2D eigenvalue weighted by molar-refractivity contribution is -0.120. The number of nitrogens with one attached hydrogen (secondary N) is 1. The predicted octanol–water partition coefficient (Wildman–Crippen LogP) is 0.839. The number of ether oxygens (including phenoxy) is 1. The first-order valence-corrected chi connectivity index (χ1v) is 5.39. The topological polar surface area (TPSA) is 64.3 Å². The molecule has 0 aromatic heterocycles. The molecule has 0 aliphatic heterocycles. The molecular weight excluding hydrogens is 204 g/mol. The lowest BCUT2D eigenvalue weighted by Crippen LogP contribution is -2.29. The van der Waals surface area contributed by atoms with Gasteiger partial charge in [0.25, 0.3) is 0 Å². The number of hydrogen-bond acceptors (Lipinski definition) is 3. The molecular formula is C12H18N2O2. The molecule has 0 aliphatic rings. The molecule has 4 nitrogen and oxygen atoms in total. The smallest absolute Gasteiger partial charge is 0.221 e. The van der Waals surface area contributed by atoms with Crippen LogP contribution in [0.1, 0.15) is 12.0 Å². The largest absolute Gasteiger partial charge is 0.491 e. The van der Waals surface area contributed by atoms with E-state index in [1.807, 2.05) is 31.2 Å². The minimum Gasteiger partial charge on any atom is -0.491 e. The van der Waals surface area contributed by atoms with E-state index in [2.05, 4.69) is 5.32 Å². The van der Waals surface area contributed by atoms with Crippen LogP contribution in [0.2, 0.25) is 0 Å². The molecule has 0 saturated carbocycles. The average molecular weight is 222 g/mol. The summed E-state index contributed by atoms with van der Waals surface area (Å²) in [5, 5.41) is 2.73. The van der Waals surface area contributed by atoms with Gasteiger partial charge in [0.1, 0.15) is 12.4 Å². The van der Waals surface area contributed by atoms with Gasteiger partial charge in [-0.2, -0.15) is 0 Å². The molecule has 4 heteroatoms. The van der Waals surface area contributed by atoms with Gasteiger partial charge in [-0.05, 0) is 18.6 Å². The number of aryl methyl sites for hydroxylation is 1. The normalized spacial score (nSPS) is 9.88. The Morgan fingerprint density at radius 2 is 2.19 bits per heavy atom. The zero-order valence-electron chi connectivity index (χ0n) is 9.53. The highest BCUT2D eigenvalue weighted by Crippen LogP contribution is 2.15. The fraction of sp³-hybridized carbons (Fsp3) is 0.417. The van der Waals surface area contributed by atoms with E-state index in [1.165, 1.54) is 0 Å². The molecule has 0 bridgehead atoms. The summed E-state index contributed by atoms with van der Waals surface area (Å²) in [6, 6.07) is 7.79. The van der Waals surface area contributed by atoms with Crippen LogP contribution in [-0.4, -0.2) is 25.6 Å². The minimum atomic E-state index is -0.0316. The van der Waals surface area contributed by atoms with E-state index in [1.54, 1.807) is 0 Å². The Kier molecular flexibility index (Phi) is 5.36. The van der Waals surface area contributed by atoms with Crippen LogP contribution in [0.25, 0.3) is 0 Å². The molecule has 1 aromatic carbocycles. The predicted molar refractivity (Wildman–Crippen MR) is 63.4 cm³/mol. The second-order valence-corrected chi connectivity index (χ2v) is 3.50. The van der Waals surface area contributed by atoms with Crippen LogP contribution in [0.15, 0.2) is 24.3 Å². The molecule has 88 valence electrons. The third-order valence-electron chi connectivity index (χ3n) is 2.15. The molecule has 0 saturated heterocycles. The van der Waals surface area contributed by atoms with Gasteiger partial charge in [-0.3, -0.25) is 4.79 Å². The Hall–Kier alpha value is -1.55. The molecule has 0 atom stereocenters. The highest BCUT2D eigenvalue weighted by Gasteiger charge is 1.99. The number of nitrogens with two attached hydrogens (primary N) is 1. The van der Waals surface area contributed by atoms with Gasteiger partial charge in [0.05, 0.1) is 6.54 Å². The van der Waals surface area contributed by atoms with Crippen LogP contribution >= 0.6 is 0 Å². The molecule has 0 spiro atoms. The van der Waals surface area contributed by atoms with Gasteiger partial charge in [-0.15, -0.1) is 0 Å². The van der Waals surface area contributed by atoms with Crippen molar-refractivity contribution in [2.24, 2.45) is 5.73 Å². The van der Waals surface area contributed by atoms with Crippen molar-refractivity contribution < 1.29 is 9.53 Å². The van der Waals surface area contributed by atoms with Crippen molar-refractivity contribution in [1.82, 2.24) is 5.32 Å². The van der Waals surface area contributed by atoms with E-state index in [-0.39, 0.29) is 5.91 Å². The van der Waals surface area contributed by atoms with E-state index in [0.717, 1.165) is 11.3 Å². The molecule has 0 heterocycles. The Labute approximate surface area is 95.8 Å². The van der Waals surface area contributed by atoms with E-state index >= 15 is 0 Å². The van der Waals surface area contributed by atoms with Crippen molar-refractivity contribution >= 4 is 5.91 Å². The lowest BCUT2D eigenvalue weighted by Gasteiger charge is -2.09. The molecule has 0 unspecified atom stereocenters. The maximum atomic E-state index is 11.1. The number of carbonyl (C=O) groups excluding carboxylic acids is 1. The maximum absolute atomic E-state index is 11.1. The summed E-state index contributed by atoms with van der Waals surface area (Å²) < 4.78 is 5.52. The van der Waals surface area contributed by atoms with Gasteiger partial charge in [0.15, 0.2) is 0 Å². The van der Waals surface area contributed by atoms with E-state index in [0.29, 0.717) is 26.1 Å². The summed E-state index contributed by atoms with van der Waals surface area (Å²) >= 11 is 0. The summed E-state index contributed by atoms with van der Waals surface area (Å²) in [5.74, 6) is 0.825. The SMILES string of the molecule is Cc1ccccc1OCCNC(=O)CCN. The summed E-state index contributed by atoms with van der Waals surface area (Å²) in [6.45, 7) is 3.35. The van der Waals surface area contributed by atoms with Crippen molar-refractivity contribution in [3.8, 4) is 5.75 Å². The van der Waals surface area contributed by atoms with Crippen molar-refractivity contribution in [3.05, 3.63) is 29.8 Å². The minimum absolute atomic E-state index is 0.0316. The summed E-state index contributed by atoms with van der Waals surface area (Å²) in [4.78, 5) is 11.1. The van der Waals surface area contributed by atoms with E-state index in [9.17, 15) is 4.79 Å². The number of rotatable bonds is 6. The third-order valence-corrected chi connectivity index (χ3v) is 2.15. The van der Waals surface area contributed by atoms with Crippen molar-refractivity contribution in [2.75, 3.05) is 19.7 Å². The third kappa shape index (κ3) is 4.31. The van der Waals surface area contributed by atoms with Crippen LogP contribution in [0.4, 0.5) is 0 Å². The summed E-state index contributed by atoms with van der Waals surface area (Å²) in [6.07, 6.45) is 0.365. The zero-order chi connectivity index (χ0) is 11.8. The number of benzene rings is 1. The Morgan fingerprint density at radius 1 is 1.44 bits per heavy atom. The summed E-state index contributed by atoms with van der Waals surface area (Å²) in [7, 11) is 0. The Morgan fingerprint density at radius 3 is 2.88 bits per heavy atom. The van der Waals surface area contributed by atoms with Gasteiger partial charge in [-0.25, -0.2) is 0 Å².